The zero-order chi connectivity index (χ0) is 14.8. The van der Waals surface area contributed by atoms with Gasteiger partial charge in [-0.3, -0.25) is 4.79 Å². The molecule has 1 aromatic heterocycles. The van der Waals surface area contributed by atoms with E-state index < -0.39 is 17.9 Å². The molecule has 0 atom stereocenters. The van der Waals surface area contributed by atoms with Crippen molar-refractivity contribution in [1.29, 1.82) is 0 Å². The van der Waals surface area contributed by atoms with Crippen LogP contribution in [-0.2, 0) is 0 Å². The quantitative estimate of drug-likeness (QED) is 0.639. The van der Waals surface area contributed by atoms with E-state index in [1.54, 1.807) is 0 Å². The average Bonchev–Trinajstić information content (AvgIpc) is 2.37. The molecule has 0 aliphatic rings. The van der Waals surface area contributed by atoms with Gasteiger partial charge >= 0.3 is 6.36 Å². The summed E-state index contributed by atoms with van der Waals surface area (Å²) < 4.78 is 53.3. The second kappa shape index (κ2) is 5.28. The highest BCUT2D eigenvalue weighted by atomic mass is 19.4. The molecule has 3 nitrogen and oxygen atoms in total. The van der Waals surface area contributed by atoms with Crippen molar-refractivity contribution >= 4 is 6.29 Å². The van der Waals surface area contributed by atoms with Crippen molar-refractivity contribution in [2.45, 2.75) is 6.36 Å². The number of hydrogen-bond donors (Lipinski definition) is 0. The highest BCUT2D eigenvalue weighted by Crippen LogP contribution is 2.29. The van der Waals surface area contributed by atoms with Gasteiger partial charge in [0.15, 0.2) is 6.29 Å². The summed E-state index contributed by atoms with van der Waals surface area (Å²) in [6.07, 6.45) is -3.58. The Bertz CT molecular complexity index is 641. The van der Waals surface area contributed by atoms with E-state index in [4.69, 9.17) is 0 Å². The molecule has 0 amide bonds. The fourth-order valence-electron chi connectivity index (χ4n) is 1.64. The van der Waals surface area contributed by atoms with E-state index in [0.29, 0.717) is 6.29 Å². The molecule has 1 heterocycles. The first-order valence-corrected chi connectivity index (χ1v) is 5.36. The molecule has 0 saturated heterocycles. The Balaban J connectivity index is 2.46. The maximum Gasteiger partial charge on any atom is 0.573 e. The fraction of sp³-hybridized carbons (Fsp3) is 0.0769. The van der Waals surface area contributed by atoms with Crippen molar-refractivity contribution in [3.05, 3.63) is 48.0 Å². The van der Waals surface area contributed by atoms with Crippen LogP contribution in [-0.4, -0.2) is 17.6 Å². The SMILES string of the molecule is O=Cc1ncc(F)cc1-c1cccc(OC(F)(F)F)c1. The number of ether oxygens (including phenoxy) is 1. The highest BCUT2D eigenvalue weighted by molar-refractivity contribution is 5.85. The number of rotatable bonds is 3. The van der Waals surface area contributed by atoms with Crippen LogP contribution >= 0.6 is 0 Å². The minimum Gasteiger partial charge on any atom is -0.406 e. The Morgan fingerprint density at radius 1 is 1.20 bits per heavy atom. The first kappa shape index (κ1) is 14.0. The van der Waals surface area contributed by atoms with Gasteiger partial charge in [0, 0.05) is 5.56 Å². The molecule has 0 saturated carbocycles. The first-order valence-electron chi connectivity index (χ1n) is 5.36. The predicted octanol–water partition coefficient (Wildman–Crippen LogP) is 3.60. The molecule has 0 spiro atoms. The van der Waals surface area contributed by atoms with Crippen LogP contribution in [0.5, 0.6) is 5.75 Å². The lowest BCUT2D eigenvalue weighted by Crippen LogP contribution is -2.17. The van der Waals surface area contributed by atoms with Crippen molar-refractivity contribution in [3.8, 4) is 16.9 Å². The molecule has 0 aliphatic heterocycles. The summed E-state index contributed by atoms with van der Waals surface area (Å²) in [5.74, 6) is -1.16. The molecule has 2 aromatic rings. The van der Waals surface area contributed by atoms with E-state index in [1.165, 1.54) is 12.1 Å². The molecular weight excluding hydrogens is 278 g/mol. The lowest BCUT2D eigenvalue weighted by atomic mass is 10.0. The van der Waals surface area contributed by atoms with Gasteiger partial charge in [0.25, 0.3) is 0 Å². The van der Waals surface area contributed by atoms with Crippen LogP contribution < -0.4 is 4.74 Å². The fourth-order valence-corrected chi connectivity index (χ4v) is 1.64. The molecule has 104 valence electrons. The molecule has 0 bridgehead atoms. The minimum atomic E-state index is -4.83. The Morgan fingerprint density at radius 2 is 1.95 bits per heavy atom. The van der Waals surface area contributed by atoms with Gasteiger partial charge in [-0.25, -0.2) is 9.37 Å². The number of carbonyl (C=O) groups is 1. The normalized spacial score (nSPS) is 11.2. The summed E-state index contributed by atoms with van der Waals surface area (Å²) in [4.78, 5) is 14.4. The van der Waals surface area contributed by atoms with E-state index in [2.05, 4.69) is 9.72 Å². The van der Waals surface area contributed by atoms with E-state index in [9.17, 15) is 22.4 Å². The van der Waals surface area contributed by atoms with Gasteiger partial charge in [0.1, 0.15) is 17.3 Å². The maximum atomic E-state index is 13.2. The summed E-state index contributed by atoms with van der Waals surface area (Å²) in [6, 6.07) is 5.90. The maximum absolute atomic E-state index is 13.2. The van der Waals surface area contributed by atoms with E-state index in [0.717, 1.165) is 24.4 Å². The van der Waals surface area contributed by atoms with E-state index >= 15 is 0 Å². The van der Waals surface area contributed by atoms with E-state index in [-0.39, 0.29) is 16.8 Å². The third kappa shape index (κ3) is 3.31. The van der Waals surface area contributed by atoms with Crippen molar-refractivity contribution in [2.24, 2.45) is 0 Å². The van der Waals surface area contributed by atoms with Crippen LogP contribution in [0, 0.1) is 5.82 Å². The molecule has 0 radical (unpaired) electrons. The zero-order valence-corrected chi connectivity index (χ0v) is 9.82. The molecule has 0 N–H and O–H groups in total. The van der Waals surface area contributed by atoms with Gasteiger partial charge < -0.3 is 4.74 Å². The second-order valence-corrected chi connectivity index (χ2v) is 3.78. The standard InChI is InChI=1S/C13H7F4NO2/c14-9-5-11(12(7-19)18-6-9)8-2-1-3-10(4-8)20-13(15,16)17/h1-7H. The number of halogens is 4. The minimum absolute atomic E-state index is 0.0736. The van der Waals surface area contributed by atoms with Gasteiger partial charge in [-0.2, -0.15) is 0 Å². The number of hydrogen-bond acceptors (Lipinski definition) is 3. The first-order chi connectivity index (χ1) is 9.39. The molecule has 0 aliphatic carbocycles. The molecule has 1 aromatic carbocycles. The Hall–Kier alpha value is -2.44. The molecule has 0 unspecified atom stereocenters. The summed E-state index contributed by atoms with van der Waals surface area (Å²) in [5, 5.41) is 0. The predicted molar refractivity (Wildman–Crippen MR) is 61.7 cm³/mol. The summed E-state index contributed by atoms with van der Waals surface area (Å²) in [5.41, 5.74) is 0.212. The lowest BCUT2D eigenvalue weighted by molar-refractivity contribution is -0.274. The number of aromatic nitrogens is 1. The van der Waals surface area contributed by atoms with Crippen molar-refractivity contribution < 1.29 is 27.1 Å². The smallest absolute Gasteiger partial charge is 0.406 e. The molecule has 7 heteroatoms. The van der Waals surface area contributed by atoms with Crippen LogP contribution in [0.25, 0.3) is 11.1 Å². The van der Waals surface area contributed by atoms with Gasteiger partial charge in [0.05, 0.1) is 6.20 Å². The number of aldehydes is 1. The monoisotopic (exact) mass is 285 g/mol. The van der Waals surface area contributed by atoms with Crippen molar-refractivity contribution in [1.82, 2.24) is 4.98 Å². The van der Waals surface area contributed by atoms with Gasteiger partial charge in [-0.05, 0) is 23.8 Å². The van der Waals surface area contributed by atoms with Crippen LogP contribution in [0.4, 0.5) is 17.6 Å². The molecule has 20 heavy (non-hydrogen) atoms. The van der Waals surface area contributed by atoms with Gasteiger partial charge in [-0.15, -0.1) is 13.2 Å². The largest absolute Gasteiger partial charge is 0.573 e. The molecule has 0 fully saturated rings. The Labute approximate surface area is 110 Å². The molecule has 2 rings (SSSR count). The van der Waals surface area contributed by atoms with E-state index in [1.807, 2.05) is 0 Å². The number of benzene rings is 1. The summed E-state index contributed by atoms with van der Waals surface area (Å²) in [7, 11) is 0. The average molecular weight is 285 g/mol. The van der Waals surface area contributed by atoms with Crippen molar-refractivity contribution in [3.63, 3.8) is 0 Å². The Kier molecular flexibility index (Phi) is 3.69. The third-order valence-electron chi connectivity index (χ3n) is 2.38. The zero-order valence-electron chi connectivity index (χ0n) is 9.82. The Morgan fingerprint density at radius 3 is 2.60 bits per heavy atom. The lowest BCUT2D eigenvalue weighted by Gasteiger charge is -2.10. The van der Waals surface area contributed by atoms with Gasteiger partial charge in [-0.1, -0.05) is 12.1 Å². The number of nitrogens with zero attached hydrogens (tertiary/aromatic N) is 1. The number of carbonyl (C=O) groups excluding carboxylic acids is 1. The third-order valence-corrected chi connectivity index (χ3v) is 2.38. The second-order valence-electron chi connectivity index (χ2n) is 3.78. The summed E-state index contributed by atoms with van der Waals surface area (Å²) in [6.45, 7) is 0. The van der Waals surface area contributed by atoms with Crippen LogP contribution in [0.1, 0.15) is 10.5 Å². The van der Waals surface area contributed by atoms with Crippen LogP contribution in [0.2, 0.25) is 0 Å². The number of alkyl halides is 3. The summed E-state index contributed by atoms with van der Waals surface area (Å²) >= 11 is 0. The van der Waals surface area contributed by atoms with Gasteiger partial charge in [0.2, 0.25) is 0 Å². The van der Waals surface area contributed by atoms with Crippen molar-refractivity contribution in [2.75, 3.05) is 0 Å². The topological polar surface area (TPSA) is 39.2 Å². The number of pyridine rings is 1. The van der Waals surface area contributed by atoms with Crippen LogP contribution in [0.15, 0.2) is 36.5 Å². The van der Waals surface area contributed by atoms with Crippen LogP contribution in [0.3, 0.4) is 0 Å². The molecular formula is C13H7F4NO2. The highest BCUT2D eigenvalue weighted by Gasteiger charge is 2.31.